The van der Waals surface area contributed by atoms with E-state index in [1.165, 1.54) is 0 Å². The summed E-state index contributed by atoms with van der Waals surface area (Å²) in [4.78, 5) is 12.2. The summed E-state index contributed by atoms with van der Waals surface area (Å²) in [7, 11) is -3.00. The predicted molar refractivity (Wildman–Crippen MR) is 93.7 cm³/mol. The number of carbonyl (C=O) groups excluding carboxylic acids is 1. The van der Waals surface area contributed by atoms with Gasteiger partial charge in [0.15, 0.2) is 21.3 Å². The quantitative estimate of drug-likeness (QED) is 0.799. The van der Waals surface area contributed by atoms with Crippen molar-refractivity contribution in [1.82, 2.24) is 10.6 Å². The first-order chi connectivity index (χ1) is 11.8. The van der Waals surface area contributed by atoms with Crippen LogP contribution in [0.4, 0.5) is 0 Å². The normalized spacial score (nSPS) is 25.4. The molecule has 1 amide bonds. The highest BCUT2D eigenvalue weighted by atomic mass is 32.2. The first-order valence-corrected chi connectivity index (χ1v) is 10.2. The molecule has 2 aliphatic heterocycles. The van der Waals surface area contributed by atoms with E-state index in [1.54, 1.807) is 0 Å². The molecule has 2 N–H and O–H groups in total. The van der Waals surface area contributed by atoms with Crippen molar-refractivity contribution in [3.63, 3.8) is 0 Å². The Morgan fingerprint density at radius 1 is 1.28 bits per heavy atom. The molecule has 1 aromatic carbocycles. The van der Waals surface area contributed by atoms with Gasteiger partial charge >= 0.3 is 0 Å². The molecular formula is C17H24N2O5S. The zero-order chi connectivity index (χ0) is 18.1. The number of amides is 1. The van der Waals surface area contributed by atoms with Crippen LogP contribution in [0.25, 0.3) is 0 Å². The van der Waals surface area contributed by atoms with Crippen molar-refractivity contribution in [1.29, 1.82) is 0 Å². The zero-order valence-corrected chi connectivity index (χ0v) is 15.3. The molecule has 2 heterocycles. The minimum Gasteiger partial charge on any atom is -0.486 e. The first-order valence-electron chi connectivity index (χ1n) is 8.41. The van der Waals surface area contributed by atoms with Gasteiger partial charge in [-0.25, -0.2) is 8.42 Å². The lowest BCUT2D eigenvalue weighted by molar-refractivity contribution is -0.121. The Hall–Kier alpha value is -1.80. The van der Waals surface area contributed by atoms with Gasteiger partial charge in [-0.1, -0.05) is 6.07 Å². The Balaban J connectivity index is 1.54. The van der Waals surface area contributed by atoms with Gasteiger partial charge in [-0.2, -0.15) is 0 Å². The maximum atomic E-state index is 12.2. The molecule has 8 heteroatoms. The van der Waals surface area contributed by atoms with E-state index < -0.39 is 15.4 Å². The Morgan fingerprint density at radius 2 is 2.00 bits per heavy atom. The van der Waals surface area contributed by atoms with E-state index in [0.29, 0.717) is 31.1 Å². The van der Waals surface area contributed by atoms with Crippen LogP contribution < -0.4 is 20.1 Å². The summed E-state index contributed by atoms with van der Waals surface area (Å²) < 4.78 is 34.3. The molecule has 2 aliphatic rings. The SMILES string of the molecule is CC(NC(=O)CNC1(C)CCS(=O)(=O)C1)c1ccc2c(c1)OCCO2. The second kappa shape index (κ2) is 6.84. The van der Waals surface area contributed by atoms with E-state index in [-0.39, 0.29) is 30.0 Å². The highest BCUT2D eigenvalue weighted by molar-refractivity contribution is 7.91. The van der Waals surface area contributed by atoms with Gasteiger partial charge in [0, 0.05) is 5.54 Å². The highest BCUT2D eigenvalue weighted by Crippen LogP contribution is 2.32. The second-order valence-electron chi connectivity index (χ2n) is 6.95. The number of fused-ring (bicyclic) bond motifs is 1. The molecule has 2 atom stereocenters. The number of hydrogen-bond donors (Lipinski definition) is 2. The van der Waals surface area contributed by atoms with Crippen LogP contribution in [0.3, 0.4) is 0 Å². The van der Waals surface area contributed by atoms with Crippen LogP contribution in [0, 0.1) is 0 Å². The van der Waals surface area contributed by atoms with E-state index in [2.05, 4.69) is 10.6 Å². The Kier molecular flexibility index (Phi) is 4.92. The lowest BCUT2D eigenvalue weighted by Gasteiger charge is -2.24. The Labute approximate surface area is 148 Å². The molecule has 138 valence electrons. The van der Waals surface area contributed by atoms with Crippen molar-refractivity contribution in [3.8, 4) is 11.5 Å². The van der Waals surface area contributed by atoms with Gasteiger partial charge in [-0.15, -0.1) is 0 Å². The minimum absolute atomic E-state index is 0.0744. The van der Waals surface area contributed by atoms with Crippen LogP contribution >= 0.6 is 0 Å². The molecule has 2 unspecified atom stereocenters. The van der Waals surface area contributed by atoms with Gasteiger partial charge < -0.3 is 20.1 Å². The molecule has 0 spiro atoms. The summed E-state index contributed by atoms with van der Waals surface area (Å²) in [5, 5.41) is 6.00. The predicted octanol–water partition coefficient (Wildman–Crippen LogP) is 0.802. The van der Waals surface area contributed by atoms with Gasteiger partial charge in [0.25, 0.3) is 0 Å². The molecule has 3 rings (SSSR count). The molecular weight excluding hydrogens is 344 g/mol. The molecule has 0 aromatic heterocycles. The lowest BCUT2D eigenvalue weighted by atomic mass is 10.0. The summed E-state index contributed by atoms with van der Waals surface area (Å²) in [5.41, 5.74) is 0.392. The van der Waals surface area contributed by atoms with Crippen molar-refractivity contribution in [2.75, 3.05) is 31.3 Å². The molecule has 0 radical (unpaired) electrons. The maximum Gasteiger partial charge on any atom is 0.234 e. The fourth-order valence-corrected chi connectivity index (χ4v) is 5.27. The van der Waals surface area contributed by atoms with Crippen molar-refractivity contribution in [2.24, 2.45) is 0 Å². The van der Waals surface area contributed by atoms with Crippen LogP contribution in [0.2, 0.25) is 0 Å². The van der Waals surface area contributed by atoms with Crippen LogP contribution in [-0.2, 0) is 14.6 Å². The fraction of sp³-hybridized carbons (Fsp3) is 0.588. The van der Waals surface area contributed by atoms with Gasteiger partial charge in [-0.05, 0) is 38.0 Å². The molecule has 1 saturated heterocycles. The molecule has 1 fully saturated rings. The number of benzene rings is 1. The van der Waals surface area contributed by atoms with E-state index >= 15 is 0 Å². The third-order valence-electron chi connectivity index (χ3n) is 4.62. The largest absolute Gasteiger partial charge is 0.486 e. The van der Waals surface area contributed by atoms with E-state index in [4.69, 9.17) is 9.47 Å². The number of sulfone groups is 1. The average molecular weight is 368 g/mol. The van der Waals surface area contributed by atoms with Crippen LogP contribution in [0.1, 0.15) is 31.9 Å². The van der Waals surface area contributed by atoms with E-state index in [1.807, 2.05) is 32.0 Å². The lowest BCUT2D eigenvalue weighted by Crippen LogP contribution is -2.48. The number of ether oxygens (including phenoxy) is 2. The van der Waals surface area contributed by atoms with Crippen LogP contribution in [0.15, 0.2) is 18.2 Å². The zero-order valence-electron chi connectivity index (χ0n) is 14.5. The number of carbonyl (C=O) groups is 1. The summed E-state index contributed by atoms with van der Waals surface area (Å²) >= 11 is 0. The summed E-state index contributed by atoms with van der Waals surface area (Å²) in [6, 6.07) is 5.43. The monoisotopic (exact) mass is 368 g/mol. The standard InChI is InChI=1S/C17H24N2O5S/c1-12(13-3-4-14-15(9-13)24-7-6-23-14)19-16(20)10-18-17(2)5-8-25(21,22)11-17/h3-4,9,12,18H,5-8,10-11H2,1-2H3,(H,19,20). The number of rotatable bonds is 5. The van der Waals surface area contributed by atoms with Crippen LogP contribution in [0.5, 0.6) is 11.5 Å². The van der Waals surface area contributed by atoms with E-state index in [0.717, 1.165) is 5.56 Å². The van der Waals surface area contributed by atoms with Gasteiger partial charge in [0.05, 0.1) is 24.1 Å². The van der Waals surface area contributed by atoms with Crippen molar-refractivity contribution >= 4 is 15.7 Å². The fourth-order valence-electron chi connectivity index (χ4n) is 3.15. The van der Waals surface area contributed by atoms with E-state index in [9.17, 15) is 13.2 Å². The second-order valence-corrected chi connectivity index (χ2v) is 9.13. The molecule has 0 aliphatic carbocycles. The molecule has 25 heavy (non-hydrogen) atoms. The molecule has 1 aromatic rings. The van der Waals surface area contributed by atoms with Crippen molar-refractivity contribution < 1.29 is 22.7 Å². The molecule has 0 saturated carbocycles. The third kappa shape index (κ3) is 4.43. The molecule has 7 nitrogen and oxygen atoms in total. The number of nitrogens with one attached hydrogen (secondary N) is 2. The van der Waals surface area contributed by atoms with Gasteiger partial charge in [0.1, 0.15) is 13.2 Å². The smallest absolute Gasteiger partial charge is 0.234 e. The first kappa shape index (κ1) is 18.0. The Morgan fingerprint density at radius 3 is 2.68 bits per heavy atom. The minimum atomic E-state index is -3.00. The maximum absolute atomic E-state index is 12.2. The van der Waals surface area contributed by atoms with Crippen molar-refractivity contribution in [3.05, 3.63) is 23.8 Å². The third-order valence-corrected chi connectivity index (χ3v) is 6.53. The average Bonchev–Trinajstić information content (AvgIpc) is 2.86. The summed E-state index contributed by atoms with van der Waals surface area (Å²) in [6.07, 6.45) is 0.528. The highest BCUT2D eigenvalue weighted by Gasteiger charge is 2.38. The Bertz CT molecular complexity index is 764. The van der Waals surface area contributed by atoms with Gasteiger partial charge in [-0.3, -0.25) is 4.79 Å². The molecule has 0 bridgehead atoms. The summed E-state index contributed by atoms with van der Waals surface area (Å²) in [5.74, 6) is 1.47. The number of hydrogen-bond acceptors (Lipinski definition) is 6. The van der Waals surface area contributed by atoms with Gasteiger partial charge in [0.2, 0.25) is 5.91 Å². The van der Waals surface area contributed by atoms with Crippen LogP contribution in [-0.4, -0.2) is 51.1 Å². The summed E-state index contributed by atoms with van der Waals surface area (Å²) in [6.45, 7) is 4.88. The van der Waals surface area contributed by atoms with Crippen molar-refractivity contribution in [2.45, 2.75) is 31.8 Å². The topological polar surface area (TPSA) is 93.7 Å².